The first kappa shape index (κ1) is 13.6. The highest BCUT2D eigenvalue weighted by molar-refractivity contribution is 5.91. The third-order valence-corrected chi connectivity index (χ3v) is 3.84. The van der Waals surface area contributed by atoms with E-state index in [1.165, 1.54) is 0 Å². The zero-order chi connectivity index (χ0) is 14.8. The third-order valence-electron chi connectivity index (χ3n) is 3.84. The Labute approximate surface area is 122 Å². The van der Waals surface area contributed by atoms with Crippen molar-refractivity contribution in [2.45, 2.75) is 37.8 Å². The van der Waals surface area contributed by atoms with Crippen LogP contribution in [0.4, 0.5) is 11.8 Å². The fourth-order valence-corrected chi connectivity index (χ4v) is 2.62. The van der Waals surface area contributed by atoms with Crippen LogP contribution in [0.2, 0.25) is 0 Å². The molecule has 4 N–H and O–H groups in total. The molecule has 2 heterocycles. The molecule has 0 amide bonds. The maximum Gasteiger partial charge on any atom is 0.223 e. The molecule has 1 saturated carbocycles. The van der Waals surface area contributed by atoms with E-state index >= 15 is 0 Å². The van der Waals surface area contributed by atoms with Crippen LogP contribution in [0.5, 0.6) is 0 Å². The molecule has 3 rings (SSSR count). The second-order valence-electron chi connectivity index (χ2n) is 5.31. The van der Waals surface area contributed by atoms with E-state index < -0.39 is 0 Å². The number of aromatic nitrogens is 3. The summed E-state index contributed by atoms with van der Waals surface area (Å²) in [5.41, 5.74) is 7.06. The molecule has 0 bridgehead atoms. The van der Waals surface area contributed by atoms with Gasteiger partial charge in [0.15, 0.2) is 0 Å². The lowest BCUT2D eigenvalue weighted by Crippen LogP contribution is -2.28. The van der Waals surface area contributed by atoms with Crippen molar-refractivity contribution in [2.24, 2.45) is 0 Å². The minimum atomic E-state index is -0.181. The summed E-state index contributed by atoms with van der Waals surface area (Å²) in [6.45, 7) is 0. The van der Waals surface area contributed by atoms with Gasteiger partial charge in [0, 0.05) is 18.4 Å². The Morgan fingerprint density at radius 1 is 1.24 bits per heavy atom. The lowest BCUT2D eigenvalue weighted by atomic mass is 9.93. The summed E-state index contributed by atoms with van der Waals surface area (Å²) in [4.78, 5) is 12.8. The number of pyridine rings is 1. The van der Waals surface area contributed by atoms with Crippen molar-refractivity contribution in [1.29, 1.82) is 0 Å². The third kappa shape index (κ3) is 2.73. The molecule has 0 atom stereocenters. The van der Waals surface area contributed by atoms with Gasteiger partial charge in [-0.1, -0.05) is 5.92 Å². The molecular weight excluding hydrogens is 266 g/mol. The number of nitrogens with one attached hydrogen (secondary N) is 1. The van der Waals surface area contributed by atoms with Gasteiger partial charge in [-0.05, 0) is 25.7 Å². The fourth-order valence-electron chi connectivity index (χ4n) is 2.62. The average molecular weight is 283 g/mol. The average Bonchev–Trinajstić information content (AvgIpc) is 2.50. The summed E-state index contributed by atoms with van der Waals surface area (Å²) >= 11 is 0. The van der Waals surface area contributed by atoms with Gasteiger partial charge in [-0.2, -0.15) is 0 Å². The molecular formula is C15H17N5O. The highest BCUT2D eigenvalue weighted by Gasteiger charge is 2.20. The van der Waals surface area contributed by atoms with Crippen molar-refractivity contribution in [1.82, 2.24) is 15.0 Å². The minimum absolute atomic E-state index is 0.181. The molecule has 21 heavy (non-hydrogen) atoms. The van der Waals surface area contributed by atoms with Crippen LogP contribution in [0.1, 0.15) is 31.2 Å². The number of nitrogens with zero attached hydrogens (tertiary/aromatic N) is 3. The molecule has 1 aliphatic rings. The first-order valence-corrected chi connectivity index (χ1v) is 7.00. The Morgan fingerprint density at radius 3 is 2.71 bits per heavy atom. The fraction of sp³-hybridized carbons (Fsp3) is 0.400. The highest BCUT2D eigenvalue weighted by Crippen LogP contribution is 2.23. The maximum absolute atomic E-state index is 9.53. The van der Waals surface area contributed by atoms with Gasteiger partial charge in [0.05, 0.1) is 22.6 Å². The van der Waals surface area contributed by atoms with Crippen molar-refractivity contribution >= 4 is 22.7 Å². The molecule has 2 aromatic heterocycles. The molecule has 0 aromatic carbocycles. The summed E-state index contributed by atoms with van der Waals surface area (Å²) in [5.74, 6) is 3.47. The first-order valence-electron chi connectivity index (χ1n) is 7.00. The van der Waals surface area contributed by atoms with Gasteiger partial charge in [-0.3, -0.25) is 0 Å². The van der Waals surface area contributed by atoms with Crippen molar-refractivity contribution in [3.05, 3.63) is 18.0 Å². The van der Waals surface area contributed by atoms with Crippen LogP contribution in [0.15, 0.2) is 12.4 Å². The molecule has 0 aliphatic heterocycles. The SMILES string of the molecule is C#Cc1cnc(N)c2cnc(N[C@H]3CC[C@H](O)CC3)nc12. The van der Waals surface area contributed by atoms with Crippen molar-refractivity contribution in [2.75, 3.05) is 11.1 Å². The molecule has 108 valence electrons. The van der Waals surface area contributed by atoms with E-state index in [2.05, 4.69) is 26.2 Å². The number of aliphatic hydroxyl groups is 1. The smallest absolute Gasteiger partial charge is 0.223 e. The molecule has 0 saturated heterocycles. The molecule has 0 spiro atoms. The number of fused-ring (bicyclic) bond motifs is 1. The Morgan fingerprint density at radius 2 is 2.00 bits per heavy atom. The molecule has 6 heteroatoms. The van der Waals surface area contributed by atoms with Gasteiger partial charge in [-0.15, -0.1) is 6.42 Å². The summed E-state index contributed by atoms with van der Waals surface area (Å²) in [6.07, 6.45) is 11.9. The van der Waals surface area contributed by atoms with Crippen LogP contribution in [0.25, 0.3) is 10.9 Å². The van der Waals surface area contributed by atoms with Crippen LogP contribution in [-0.4, -0.2) is 32.2 Å². The first-order chi connectivity index (χ1) is 10.2. The van der Waals surface area contributed by atoms with Crippen molar-refractivity contribution in [3.63, 3.8) is 0 Å². The van der Waals surface area contributed by atoms with E-state index in [-0.39, 0.29) is 12.1 Å². The molecule has 2 aromatic rings. The quantitative estimate of drug-likeness (QED) is 0.719. The molecule has 0 unspecified atom stereocenters. The molecule has 1 aliphatic carbocycles. The summed E-state index contributed by atoms with van der Waals surface area (Å²) < 4.78 is 0. The van der Waals surface area contributed by atoms with E-state index in [9.17, 15) is 5.11 Å². The lowest BCUT2D eigenvalue weighted by Gasteiger charge is -2.26. The Kier molecular flexibility index (Phi) is 3.59. The molecule has 6 nitrogen and oxygen atoms in total. The number of hydrogen-bond donors (Lipinski definition) is 3. The highest BCUT2D eigenvalue weighted by atomic mass is 16.3. The number of aliphatic hydroxyl groups excluding tert-OH is 1. The van der Waals surface area contributed by atoms with E-state index in [1.807, 2.05) is 0 Å². The Balaban J connectivity index is 1.89. The number of hydrogen-bond acceptors (Lipinski definition) is 6. The second kappa shape index (κ2) is 5.54. The topological polar surface area (TPSA) is 97.0 Å². The van der Waals surface area contributed by atoms with Gasteiger partial charge in [0.2, 0.25) is 5.95 Å². The predicted molar refractivity (Wildman–Crippen MR) is 81.6 cm³/mol. The van der Waals surface area contributed by atoms with Crippen molar-refractivity contribution in [3.8, 4) is 12.3 Å². The van der Waals surface area contributed by atoms with Gasteiger partial charge in [0.25, 0.3) is 0 Å². The maximum atomic E-state index is 9.53. The number of rotatable bonds is 2. The Bertz CT molecular complexity index is 701. The van der Waals surface area contributed by atoms with E-state index in [0.29, 0.717) is 28.2 Å². The predicted octanol–water partition coefficient (Wildman–Crippen LogP) is 1.30. The van der Waals surface area contributed by atoms with Gasteiger partial charge in [0.1, 0.15) is 5.82 Å². The second-order valence-corrected chi connectivity index (χ2v) is 5.31. The molecule has 0 radical (unpaired) electrons. The van der Waals surface area contributed by atoms with Gasteiger partial charge >= 0.3 is 0 Å². The van der Waals surface area contributed by atoms with Gasteiger partial charge in [-0.25, -0.2) is 15.0 Å². The molecule has 1 fully saturated rings. The minimum Gasteiger partial charge on any atom is -0.393 e. The zero-order valence-electron chi connectivity index (χ0n) is 11.6. The van der Waals surface area contributed by atoms with E-state index in [1.54, 1.807) is 12.4 Å². The largest absolute Gasteiger partial charge is 0.393 e. The summed E-state index contributed by atoms with van der Waals surface area (Å²) in [7, 11) is 0. The van der Waals surface area contributed by atoms with Crippen LogP contribution in [0, 0.1) is 12.3 Å². The zero-order valence-corrected chi connectivity index (χ0v) is 11.6. The van der Waals surface area contributed by atoms with Gasteiger partial charge < -0.3 is 16.2 Å². The van der Waals surface area contributed by atoms with E-state index in [4.69, 9.17) is 12.2 Å². The standard InChI is InChI=1S/C15H17N5O/c1-2-9-7-17-14(16)12-8-18-15(20-13(9)12)19-10-3-5-11(21)6-4-10/h1,7-8,10-11,21H,3-6H2,(H2,16,17)(H,18,19,20)/t10-,11-. The van der Waals surface area contributed by atoms with E-state index in [0.717, 1.165) is 25.7 Å². The lowest BCUT2D eigenvalue weighted by molar-refractivity contribution is 0.126. The number of terminal acetylenes is 1. The summed E-state index contributed by atoms with van der Waals surface area (Å²) in [6, 6.07) is 0.277. The summed E-state index contributed by atoms with van der Waals surface area (Å²) in [5, 5.41) is 13.5. The van der Waals surface area contributed by atoms with Crippen LogP contribution >= 0.6 is 0 Å². The van der Waals surface area contributed by atoms with Crippen LogP contribution < -0.4 is 11.1 Å². The number of nitrogen functional groups attached to an aromatic ring is 1. The van der Waals surface area contributed by atoms with Crippen molar-refractivity contribution < 1.29 is 5.11 Å². The van der Waals surface area contributed by atoms with Crippen LogP contribution in [-0.2, 0) is 0 Å². The Hall–Kier alpha value is -2.39. The normalized spacial score (nSPS) is 21.9. The number of nitrogens with two attached hydrogens (primary N) is 1. The number of anilines is 2. The monoisotopic (exact) mass is 283 g/mol. The van der Waals surface area contributed by atoms with Crippen LogP contribution in [0.3, 0.4) is 0 Å².